The molecule has 246 valence electrons. The molecule has 24 heteroatoms. The summed E-state index contributed by atoms with van der Waals surface area (Å²) in [6, 6.07) is -1.47. The average Bonchev–Trinajstić information content (AvgIpc) is 3.50. The number of hydrogen-bond donors (Lipinski definition) is 6. The number of azide groups is 2. The highest BCUT2D eigenvalue weighted by Gasteiger charge is 2.40. The molecule has 45 heavy (non-hydrogen) atoms. The zero-order chi connectivity index (χ0) is 33.7. The number of H-pyrrole nitrogens is 2. The number of nitrogens with one attached hydrogen (secondary N) is 2. The number of rotatable bonds is 9. The maximum atomic E-state index is 11.9. The smallest absolute Gasteiger partial charge is 0.330 e. The van der Waals surface area contributed by atoms with Crippen molar-refractivity contribution < 1.29 is 38.2 Å². The van der Waals surface area contributed by atoms with Crippen LogP contribution in [0.25, 0.3) is 20.9 Å². The second-order valence-corrected chi connectivity index (χ2v) is 13.7. The first-order chi connectivity index (χ1) is 20.9. The van der Waals surface area contributed by atoms with Crippen molar-refractivity contribution in [1.29, 1.82) is 0 Å². The third-order valence-corrected chi connectivity index (χ3v) is 8.52. The minimum Gasteiger partial charge on any atom is -0.354 e. The molecule has 2 saturated heterocycles. The van der Waals surface area contributed by atoms with Crippen molar-refractivity contribution in [3.05, 3.63) is 86.1 Å². The van der Waals surface area contributed by atoms with Crippen LogP contribution in [0.4, 0.5) is 0 Å². The van der Waals surface area contributed by atoms with Crippen molar-refractivity contribution in [1.82, 2.24) is 19.1 Å². The maximum Gasteiger partial charge on any atom is 0.330 e. The summed E-state index contributed by atoms with van der Waals surface area (Å²) in [6.45, 7) is 3.03. The van der Waals surface area contributed by atoms with Crippen LogP contribution in [0.5, 0.6) is 0 Å². The molecule has 2 aliphatic heterocycles. The van der Waals surface area contributed by atoms with E-state index in [1.165, 1.54) is 30.8 Å². The Morgan fingerprint density at radius 3 is 1.64 bits per heavy atom. The van der Waals surface area contributed by atoms with Crippen LogP contribution < -0.4 is 22.5 Å². The van der Waals surface area contributed by atoms with Gasteiger partial charge in [0.2, 0.25) is 0 Å². The monoisotopic (exact) mass is 676 g/mol. The lowest BCUT2D eigenvalue weighted by atomic mass is 10.1. The Labute approximate surface area is 251 Å². The van der Waals surface area contributed by atoms with Crippen LogP contribution in [0.15, 0.2) is 41.8 Å². The van der Waals surface area contributed by atoms with Gasteiger partial charge >= 0.3 is 26.6 Å². The predicted octanol–water partition coefficient (Wildman–Crippen LogP) is 0.368. The molecule has 2 aromatic heterocycles. The highest BCUT2D eigenvalue weighted by Crippen LogP contribution is 2.42. The number of nitrogens with zero attached hydrogens (tertiary/aromatic N) is 8. The number of aromatic nitrogens is 4. The fourth-order valence-corrected chi connectivity index (χ4v) is 6.09. The second kappa shape index (κ2) is 14.5. The van der Waals surface area contributed by atoms with Crippen molar-refractivity contribution in [2.24, 2.45) is 10.2 Å². The number of aryl methyl sites for hydroxylation is 2. The van der Waals surface area contributed by atoms with Gasteiger partial charge in [-0.25, -0.2) is 9.59 Å². The highest BCUT2D eigenvalue weighted by atomic mass is 31.2. The largest absolute Gasteiger partial charge is 0.354 e. The second-order valence-electron chi connectivity index (χ2n) is 10.3. The van der Waals surface area contributed by atoms with Gasteiger partial charge in [-0.3, -0.25) is 37.8 Å². The van der Waals surface area contributed by atoms with Crippen molar-refractivity contribution in [2.45, 2.75) is 69.9 Å². The Balaban J connectivity index is 0.000000246. The number of hydrogen-bond acceptors (Lipinski definition) is 10. The van der Waals surface area contributed by atoms with Crippen molar-refractivity contribution >= 4 is 15.2 Å². The van der Waals surface area contributed by atoms with Crippen LogP contribution in [-0.4, -0.2) is 75.3 Å². The molecule has 0 unspecified atom stereocenters. The minimum atomic E-state index is -4.38. The van der Waals surface area contributed by atoms with E-state index in [1.54, 1.807) is 0 Å². The van der Waals surface area contributed by atoms with E-state index < -0.39 is 86.8 Å². The van der Waals surface area contributed by atoms with Crippen LogP contribution in [0.1, 0.15) is 42.8 Å². The molecule has 4 heterocycles. The summed E-state index contributed by atoms with van der Waals surface area (Å²) in [7, 11) is -8.59. The highest BCUT2D eigenvalue weighted by molar-refractivity contribution is 7.52. The predicted molar refractivity (Wildman–Crippen MR) is 153 cm³/mol. The molecular weight excluding hydrogens is 646 g/mol. The van der Waals surface area contributed by atoms with Crippen LogP contribution in [0.3, 0.4) is 0 Å². The third kappa shape index (κ3) is 9.84. The Morgan fingerprint density at radius 1 is 0.822 bits per heavy atom. The molecular formula is C21H30N10O12P2. The lowest BCUT2D eigenvalue weighted by molar-refractivity contribution is -0.00427. The SMILES string of the molecule is Cc1cn([C@H]2C[C@@H](N=[N+]=[N-])[C@@H](CCP(=O)(O)O)O2)c(=O)[nH]c1=O.Cc1cn([C@H]2C[C@@H](N=[N+]=[N-])[C@@H](CP(=O)(O)O)O2)c(=O)[nH]c1=O. The normalized spacial score (nSPS) is 24.7. The third-order valence-electron chi connectivity index (χ3n) is 6.84. The molecule has 2 fully saturated rings. The van der Waals surface area contributed by atoms with Crippen molar-refractivity contribution in [2.75, 3.05) is 12.3 Å². The van der Waals surface area contributed by atoms with E-state index in [9.17, 15) is 28.3 Å². The molecule has 0 bridgehead atoms. The molecule has 4 rings (SSSR count). The van der Waals surface area contributed by atoms with Crippen LogP contribution in [-0.2, 0) is 18.6 Å². The van der Waals surface area contributed by atoms with E-state index in [2.05, 4.69) is 30.0 Å². The van der Waals surface area contributed by atoms with Gasteiger partial charge in [-0.1, -0.05) is 10.2 Å². The van der Waals surface area contributed by atoms with E-state index in [1.807, 2.05) is 0 Å². The summed E-state index contributed by atoms with van der Waals surface area (Å²) >= 11 is 0. The quantitative estimate of drug-likeness (QED) is 0.0908. The van der Waals surface area contributed by atoms with Gasteiger partial charge in [0.25, 0.3) is 11.1 Å². The summed E-state index contributed by atoms with van der Waals surface area (Å²) < 4.78 is 35.4. The first-order valence-electron chi connectivity index (χ1n) is 13.0. The van der Waals surface area contributed by atoms with E-state index in [-0.39, 0.29) is 24.8 Å². The molecule has 0 spiro atoms. The molecule has 0 aromatic carbocycles. The van der Waals surface area contributed by atoms with Crippen LogP contribution in [0, 0.1) is 13.8 Å². The summed E-state index contributed by atoms with van der Waals surface area (Å²) in [4.78, 5) is 92.0. The molecule has 6 N–H and O–H groups in total. The Morgan fingerprint density at radius 2 is 1.24 bits per heavy atom. The molecule has 0 radical (unpaired) electrons. The molecule has 2 aliphatic rings. The van der Waals surface area contributed by atoms with Gasteiger partial charge in [0, 0.05) is 46.2 Å². The molecule has 22 nitrogen and oxygen atoms in total. The van der Waals surface area contributed by atoms with E-state index in [0.717, 1.165) is 4.57 Å². The molecule has 0 amide bonds. The van der Waals surface area contributed by atoms with Gasteiger partial charge < -0.3 is 29.0 Å². The maximum absolute atomic E-state index is 11.9. The number of aromatic amines is 2. The van der Waals surface area contributed by atoms with Crippen molar-refractivity contribution in [3.8, 4) is 0 Å². The van der Waals surface area contributed by atoms with Gasteiger partial charge in [0.15, 0.2) is 0 Å². The summed E-state index contributed by atoms with van der Waals surface area (Å²) in [5.74, 6) is 0. The topological polar surface area (TPSA) is 341 Å². The first-order valence-corrected chi connectivity index (χ1v) is 16.6. The average molecular weight is 676 g/mol. The van der Waals surface area contributed by atoms with Crippen LogP contribution in [0.2, 0.25) is 0 Å². The zero-order valence-electron chi connectivity index (χ0n) is 23.7. The fourth-order valence-electron chi connectivity index (χ4n) is 4.70. The Kier molecular flexibility index (Phi) is 11.5. The van der Waals surface area contributed by atoms with E-state index in [0.29, 0.717) is 5.56 Å². The van der Waals surface area contributed by atoms with Gasteiger partial charge in [0.1, 0.15) is 12.5 Å². The first kappa shape index (κ1) is 35.7. The molecule has 2 aromatic rings. The molecule has 6 atom stereocenters. The number of ether oxygens (including phenoxy) is 2. The summed E-state index contributed by atoms with van der Waals surface area (Å²) in [5, 5.41) is 7.03. The summed E-state index contributed by atoms with van der Waals surface area (Å²) in [6.07, 6.45) is -1.58. The van der Waals surface area contributed by atoms with Gasteiger partial charge in [-0.05, 0) is 31.3 Å². The van der Waals surface area contributed by atoms with Gasteiger partial charge in [0.05, 0.1) is 36.6 Å². The van der Waals surface area contributed by atoms with Crippen molar-refractivity contribution in [3.63, 3.8) is 0 Å². The standard InChI is InChI=1S/C11H16N5O6P.C10H14N5O6P/c1-6-5-16(11(18)13-10(6)17)9-4-7(14-15-12)8(22-9)2-3-23(19,20)21;1-5-3-15(10(17)12-9(5)16)8-2-6(13-14-11)7(21-8)4-22(18,19)20/h5,7-9H,2-4H2,1H3,(H,13,17,18)(H2,19,20,21);3,6-8H,2,4H2,1H3,(H,12,16,17)(H2,18,19,20)/t7-,8-,9-;6-,7-,8-/m11/s1. The minimum absolute atomic E-state index is 0.0124. The molecule has 0 aliphatic carbocycles. The zero-order valence-corrected chi connectivity index (χ0v) is 25.5. The summed E-state index contributed by atoms with van der Waals surface area (Å²) in [5.41, 5.74) is 15.3. The van der Waals surface area contributed by atoms with E-state index >= 15 is 0 Å². The Hall–Kier alpha value is -3.80. The van der Waals surface area contributed by atoms with Gasteiger partial charge in [-0.15, -0.1) is 0 Å². The van der Waals surface area contributed by atoms with Gasteiger partial charge in [-0.2, -0.15) is 0 Å². The fraction of sp³-hybridized carbons (Fsp3) is 0.619. The van der Waals surface area contributed by atoms with Crippen LogP contribution >= 0.6 is 15.2 Å². The lowest BCUT2D eigenvalue weighted by Gasteiger charge is -2.17. The lowest BCUT2D eigenvalue weighted by Crippen LogP contribution is -2.33. The Bertz CT molecular complexity index is 1830. The molecule has 0 saturated carbocycles. The van der Waals surface area contributed by atoms with E-state index in [4.69, 9.17) is 40.1 Å².